The van der Waals surface area contributed by atoms with Gasteiger partial charge in [-0.15, -0.1) is 0 Å². The van der Waals surface area contributed by atoms with Gasteiger partial charge in [0.1, 0.15) is 11.3 Å². The van der Waals surface area contributed by atoms with E-state index in [1.54, 1.807) is 0 Å². The molecule has 5 heterocycles. The second-order valence-corrected chi connectivity index (χ2v) is 9.50. The number of para-hydroxylation sites is 3. The Morgan fingerprint density at radius 1 is 0.472 bits per heavy atom. The van der Waals surface area contributed by atoms with Crippen molar-refractivity contribution in [2.24, 2.45) is 0 Å². The van der Waals surface area contributed by atoms with Gasteiger partial charge in [-0.1, -0.05) is 72.8 Å². The molecule has 0 atom stereocenters. The third-order valence-corrected chi connectivity index (χ3v) is 7.63. The van der Waals surface area contributed by atoms with Crippen molar-refractivity contribution in [3.05, 3.63) is 109 Å². The molecule has 0 spiro atoms. The lowest BCUT2D eigenvalue weighted by molar-refractivity contribution is 1.31. The minimum absolute atomic E-state index is 0.976. The lowest BCUT2D eigenvalue weighted by atomic mass is 10.0. The van der Waals surface area contributed by atoms with E-state index in [4.69, 9.17) is 9.97 Å². The number of imidazole rings is 2. The Morgan fingerprint density at radius 3 is 2.06 bits per heavy atom. The number of fused-ring (bicyclic) bond motifs is 11. The van der Waals surface area contributed by atoms with Gasteiger partial charge in [0.25, 0.3) is 0 Å². The van der Waals surface area contributed by atoms with Gasteiger partial charge < -0.3 is 0 Å². The molecule has 0 bridgehead atoms. The standard InChI is InChI=1S/C32H18N4/c1-2-10-23-22(9-1)27-14-7-15-29-34-30(31(23)36(27)29)19-16-17-20-21-8-3-5-12-26(21)35-28-13-6-4-11-25(28)33-32(35)24(20)18-19/h1-18H. The molecule has 0 aliphatic heterocycles. The fourth-order valence-corrected chi connectivity index (χ4v) is 6.12. The zero-order valence-electron chi connectivity index (χ0n) is 19.2. The molecule has 5 aromatic heterocycles. The highest BCUT2D eigenvalue weighted by Gasteiger charge is 2.20. The molecule has 36 heavy (non-hydrogen) atoms. The van der Waals surface area contributed by atoms with Crippen LogP contribution in [-0.4, -0.2) is 18.8 Å². The summed E-state index contributed by atoms with van der Waals surface area (Å²) < 4.78 is 4.59. The van der Waals surface area contributed by atoms with E-state index in [0.717, 1.165) is 39.0 Å². The first-order chi connectivity index (χ1) is 17.9. The van der Waals surface area contributed by atoms with E-state index in [1.165, 1.54) is 38.1 Å². The molecule has 0 saturated carbocycles. The number of hydrogen-bond donors (Lipinski definition) is 0. The Kier molecular flexibility index (Phi) is 3.25. The molecule has 0 saturated heterocycles. The van der Waals surface area contributed by atoms with Crippen molar-refractivity contribution in [2.75, 3.05) is 0 Å². The van der Waals surface area contributed by atoms with Crippen molar-refractivity contribution in [2.45, 2.75) is 0 Å². The summed E-state index contributed by atoms with van der Waals surface area (Å²) >= 11 is 0. The maximum atomic E-state index is 5.12. The van der Waals surface area contributed by atoms with Crippen LogP contribution in [0.3, 0.4) is 0 Å². The molecular weight excluding hydrogens is 440 g/mol. The predicted molar refractivity (Wildman–Crippen MR) is 148 cm³/mol. The first kappa shape index (κ1) is 18.4. The van der Waals surface area contributed by atoms with Crippen molar-refractivity contribution < 1.29 is 0 Å². The van der Waals surface area contributed by atoms with Gasteiger partial charge >= 0.3 is 0 Å². The number of pyridine rings is 2. The fraction of sp³-hybridized carbons (Fsp3) is 0. The molecular formula is C32H18N4. The summed E-state index contributed by atoms with van der Waals surface area (Å²) in [7, 11) is 0. The molecule has 4 aromatic carbocycles. The lowest BCUT2D eigenvalue weighted by Gasteiger charge is -2.10. The van der Waals surface area contributed by atoms with Gasteiger partial charge in [0.2, 0.25) is 0 Å². The molecule has 0 fully saturated rings. The van der Waals surface area contributed by atoms with Gasteiger partial charge in [-0.3, -0.25) is 8.80 Å². The first-order valence-corrected chi connectivity index (χ1v) is 12.2. The third kappa shape index (κ3) is 2.15. The second kappa shape index (κ2) is 6.37. The van der Waals surface area contributed by atoms with Crippen LogP contribution in [0.5, 0.6) is 0 Å². The summed E-state index contributed by atoms with van der Waals surface area (Å²) in [4.78, 5) is 10.2. The topological polar surface area (TPSA) is 34.6 Å². The Bertz CT molecular complexity index is 2320. The lowest BCUT2D eigenvalue weighted by Crippen LogP contribution is -1.92. The van der Waals surface area contributed by atoms with Crippen molar-refractivity contribution in [3.8, 4) is 11.3 Å². The van der Waals surface area contributed by atoms with Crippen LogP contribution in [0, 0.1) is 0 Å². The van der Waals surface area contributed by atoms with Crippen LogP contribution in [0.2, 0.25) is 0 Å². The summed E-state index contributed by atoms with van der Waals surface area (Å²) in [5.74, 6) is 0. The molecule has 0 aliphatic rings. The first-order valence-electron chi connectivity index (χ1n) is 12.2. The highest BCUT2D eigenvalue weighted by atomic mass is 15.0. The van der Waals surface area contributed by atoms with E-state index in [0.29, 0.717) is 0 Å². The molecule has 0 unspecified atom stereocenters. The Balaban J connectivity index is 1.46. The van der Waals surface area contributed by atoms with Crippen molar-refractivity contribution in [1.29, 1.82) is 0 Å². The van der Waals surface area contributed by atoms with Gasteiger partial charge in [0, 0.05) is 27.1 Å². The number of aromatic nitrogens is 4. The normalized spacial score (nSPS) is 12.4. The number of hydrogen-bond acceptors (Lipinski definition) is 2. The predicted octanol–water partition coefficient (Wildman–Crippen LogP) is 7.85. The number of benzene rings is 4. The van der Waals surface area contributed by atoms with Gasteiger partial charge in [0.15, 0.2) is 0 Å². The number of nitrogens with zero attached hydrogens (tertiary/aromatic N) is 4. The highest BCUT2D eigenvalue weighted by molar-refractivity contribution is 6.17. The minimum Gasteiger partial charge on any atom is -0.292 e. The van der Waals surface area contributed by atoms with E-state index < -0.39 is 0 Å². The average Bonchev–Trinajstić information content (AvgIpc) is 3.62. The molecule has 9 aromatic rings. The van der Waals surface area contributed by atoms with Crippen LogP contribution < -0.4 is 0 Å². The zero-order chi connectivity index (χ0) is 23.4. The number of rotatable bonds is 1. The quantitative estimate of drug-likeness (QED) is 0.235. The molecule has 4 heteroatoms. The molecule has 166 valence electrons. The Morgan fingerprint density at radius 2 is 1.17 bits per heavy atom. The summed E-state index contributed by atoms with van der Waals surface area (Å²) in [6.45, 7) is 0. The highest BCUT2D eigenvalue weighted by Crippen LogP contribution is 2.39. The average molecular weight is 459 g/mol. The van der Waals surface area contributed by atoms with E-state index in [9.17, 15) is 0 Å². The minimum atomic E-state index is 0.976. The van der Waals surface area contributed by atoms with Crippen molar-refractivity contribution >= 4 is 65.8 Å². The van der Waals surface area contributed by atoms with Crippen molar-refractivity contribution in [1.82, 2.24) is 18.8 Å². The van der Waals surface area contributed by atoms with E-state index in [1.807, 2.05) is 0 Å². The van der Waals surface area contributed by atoms with Crippen LogP contribution >= 0.6 is 0 Å². The summed E-state index contributed by atoms with van der Waals surface area (Å²) in [6, 6.07) is 38.7. The maximum Gasteiger partial charge on any atom is 0.146 e. The largest absolute Gasteiger partial charge is 0.292 e. The summed E-state index contributed by atoms with van der Waals surface area (Å²) in [5, 5.41) is 6.06. The van der Waals surface area contributed by atoms with E-state index in [-0.39, 0.29) is 0 Å². The van der Waals surface area contributed by atoms with Crippen molar-refractivity contribution in [3.63, 3.8) is 0 Å². The smallest absolute Gasteiger partial charge is 0.146 e. The monoisotopic (exact) mass is 458 g/mol. The molecule has 9 rings (SSSR count). The van der Waals surface area contributed by atoms with Crippen LogP contribution in [-0.2, 0) is 0 Å². The van der Waals surface area contributed by atoms with E-state index >= 15 is 0 Å². The Labute approximate surface area is 205 Å². The van der Waals surface area contributed by atoms with Crippen LogP contribution in [0.15, 0.2) is 109 Å². The van der Waals surface area contributed by atoms with E-state index in [2.05, 4.69) is 118 Å². The third-order valence-electron chi connectivity index (χ3n) is 7.63. The van der Waals surface area contributed by atoms with Gasteiger partial charge in [-0.05, 0) is 41.8 Å². The molecule has 0 aliphatic carbocycles. The van der Waals surface area contributed by atoms with Gasteiger partial charge in [-0.2, -0.15) is 0 Å². The van der Waals surface area contributed by atoms with Crippen LogP contribution in [0.4, 0.5) is 0 Å². The van der Waals surface area contributed by atoms with Crippen LogP contribution in [0.25, 0.3) is 77.1 Å². The van der Waals surface area contributed by atoms with Gasteiger partial charge in [-0.25, -0.2) is 9.97 Å². The summed E-state index contributed by atoms with van der Waals surface area (Å²) in [5.41, 5.74) is 9.74. The molecule has 0 radical (unpaired) electrons. The molecule has 4 nitrogen and oxygen atoms in total. The Hall–Kier alpha value is -4.96. The molecule has 0 N–H and O–H groups in total. The van der Waals surface area contributed by atoms with Crippen LogP contribution in [0.1, 0.15) is 0 Å². The summed E-state index contributed by atoms with van der Waals surface area (Å²) in [6.07, 6.45) is 0. The molecule has 0 amide bonds. The fourth-order valence-electron chi connectivity index (χ4n) is 6.12. The maximum absolute atomic E-state index is 5.12. The van der Waals surface area contributed by atoms with Gasteiger partial charge in [0.05, 0.1) is 33.3 Å². The zero-order valence-corrected chi connectivity index (χ0v) is 19.2. The SMILES string of the molecule is c1ccc2c(c1)nc1c3cc(-c4nc5cccc6c7ccccc7c4n56)ccc3c3ccccc3n21. The second-order valence-electron chi connectivity index (χ2n) is 9.50.